The molecule has 0 unspecified atom stereocenters. The van der Waals surface area contributed by atoms with Crippen molar-refractivity contribution in [2.45, 2.75) is 6.42 Å². The maximum absolute atomic E-state index is 12.4. The molecule has 1 aromatic heterocycles. The zero-order valence-corrected chi connectivity index (χ0v) is 15.2. The Labute approximate surface area is 157 Å². The quantitative estimate of drug-likeness (QED) is 0.565. The molecule has 3 heterocycles. The van der Waals surface area contributed by atoms with Gasteiger partial charge in [0.15, 0.2) is 18.2 Å². The minimum absolute atomic E-state index is 0.0523. The van der Waals surface area contributed by atoms with Crippen LogP contribution in [0, 0.1) is 0 Å². The first kappa shape index (κ1) is 16.7. The van der Waals surface area contributed by atoms with E-state index in [-0.39, 0.29) is 30.9 Å². The second-order valence-corrected chi connectivity index (χ2v) is 6.76. The van der Waals surface area contributed by atoms with Crippen LogP contribution in [-0.4, -0.2) is 47.3 Å². The molecule has 26 heavy (non-hydrogen) atoms. The normalized spacial score (nSPS) is 15.8. The summed E-state index contributed by atoms with van der Waals surface area (Å²) in [5, 5.41) is 0. The Morgan fingerprint density at radius 3 is 2.31 bits per heavy atom. The number of rotatable bonds is 4. The lowest BCUT2D eigenvalue weighted by Crippen LogP contribution is -2.41. The SMILES string of the molecule is O=C1c2ccccc2C(=O)N1CCCN1C(=O)COc2ccc(Br)nc21. The van der Waals surface area contributed by atoms with Gasteiger partial charge in [0.2, 0.25) is 0 Å². The number of carbonyl (C=O) groups excluding carboxylic acids is 3. The van der Waals surface area contributed by atoms with Gasteiger partial charge in [0.1, 0.15) is 4.60 Å². The largest absolute Gasteiger partial charge is 0.480 e. The number of hydrogen-bond acceptors (Lipinski definition) is 5. The Hall–Kier alpha value is -2.74. The van der Waals surface area contributed by atoms with Gasteiger partial charge < -0.3 is 4.74 Å². The fourth-order valence-corrected chi connectivity index (χ4v) is 3.41. The monoisotopic (exact) mass is 415 g/mol. The summed E-state index contributed by atoms with van der Waals surface area (Å²) in [7, 11) is 0. The van der Waals surface area contributed by atoms with Gasteiger partial charge in [0.05, 0.1) is 11.1 Å². The average molecular weight is 416 g/mol. The molecule has 2 aromatic rings. The zero-order valence-electron chi connectivity index (χ0n) is 13.6. The number of halogens is 1. The predicted octanol–water partition coefficient (Wildman–Crippen LogP) is 2.26. The van der Waals surface area contributed by atoms with Crippen molar-refractivity contribution in [1.82, 2.24) is 9.88 Å². The summed E-state index contributed by atoms with van der Waals surface area (Å²) in [5.41, 5.74) is 0.854. The van der Waals surface area contributed by atoms with Crippen molar-refractivity contribution in [3.63, 3.8) is 0 Å². The standard InChI is InChI=1S/C18H14BrN3O4/c19-14-7-6-13-16(20-14)21(15(23)10-26-13)8-3-9-22-17(24)11-4-1-2-5-12(11)18(22)25/h1-2,4-7H,3,8-10H2. The number of pyridine rings is 1. The maximum Gasteiger partial charge on any atom is 0.266 e. The molecule has 0 radical (unpaired) electrons. The van der Waals surface area contributed by atoms with Crippen molar-refractivity contribution in [3.05, 3.63) is 52.1 Å². The Balaban J connectivity index is 1.46. The van der Waals surface area contributed by atoms with Crippen LogP contribution < -0.4 is 9.64 Å². The van der Waals surface area contributed by atoms with Crippen molar-refractivity contribution in [2.24, 2.45) is 0 Å². The van der Waals surface area contributed by atoms with Gasteiger partial charge in [0.25, 0.3) is 17.7 Å². The van der Waals surface area contributed by atoms with Gasteiger partial charge >= 0.3 is 0 Å². The number of benzene rings is 1. The van der Waals surface area contributed by atoms with E-state index in [9.17, 15) is 14.4 Å². The Morgan fingerprint density at radius 1 is 0.962 bits per heavy atom. The van der Waals surface area contributed by atoms with Crippen molar-refractivity contribution >= 4 is 39.5 Å². The molecule has 132 valence electrons. The van der Waals surface area contributed by atoms with Gasteiger partial charge in [-0.1, -0.05) is 12.1 Å². The maximum atomic E-state index is 12.4. The van der Waals surface area contributed by atoms with Crippen LogP contribution in [0.2, 0.25) is 0 Å². The molecule has 0 N–H and O–H groups in total. The van der Waals surface area contributed by atoms with Crippen LogP contribution in [0.25, 0.3) is 0 Å². The molecular formula is C18H14BrN3O4. The van der Waals surface area contributed by atoms with E-state index in [1.807, 2.05) is 0 Å². The molecule has 0 bridgehead atoms. The van der Waals surface area contributed by atoms with Crippen LogP contribution in [0.5, 0.6) is 5.75 Å². The van der Waals surface area contributed by atoms with E-state index < -0.39 is 0 Å². The number of imide groups is 1. The fraction of sp³-hybridized carbons (Fsp3) is 0.222. The van der Waals surface area contributed by atoms with Gasteiger partial charge in [-0.3, -0.25) is 24.2 Å². The third-order valence-corrected chi connectivity index (χ3v) is 4.80. The highest BCUT2D eigenvalue weighted by Crippen LogP contribution is 2.31. The molecule has 0 aliphatic carbocycles. The number of fused-ring (bicyclic) bond motifs is 2. The zero-order chi connectivity index (χ0) is 18.3. The molecule has 3 amide bonds. The summed E-state index contributed by atoms with van der Waals surface area (Å²) in [4.78, 5) is 44.0. The fourth-order valence-electron chi connectivity index (χ4n) is 3.11. The lowest BCUT2D eigenvalue weighted by Gasteiger charge is -2.28. The highest BCUT2D eigenvalue weighted by atomic mass is 79.9. The Morgan fingerprint density at radius 2 is 1.62 bits per heavy atom. The van der Waals surface area contributed by atoms with Crippen molar-refractivity contribution in [1.29, 1.82) is 0 Å². The van der Waals surface area contributed by atoms with Gasteiger partial charge in [-0.05, 0) is 46.6 Å². The molecule has 0 saturated carbocycles. The summed E-state index contributed by atoms with van der Waals surface area (Å²) in [6.07, 6.45) is 0.449. The van der Waals surface area contributed by atoms with Crippen LogP contribution in [0.4, 0.5) is 5.82 Å². The third-order valence-electron chi connectivity index (χ3n) is 4.35. The molecule has 1 aromatic carbocycles. The topological polar surface area (TPSA) is 79.8 Å². The number of ether oxygens (including phenoxy) is 1. The summed E-state index contributed by atoms with van der Waals surface area (Å²) in [5.74, 6) is 0.192. The first-order valence-corrected chi connectivity index (χ1v) is 8.90. The second kappa shape index (κ2) is 6.53. The summed E-state index contributed by atoms with van der Waals surface area (Å²) in [6.45, 7) is 0.524. The minimum Gasteiger partial charge on any atom is -0.480 e. The minimum atomic E-state index is -0.292. The number of aromatic nitrogens is 1. The molecule has 4 rings (SSSR count). The Kier molecular flexibility index (Phi) is 4.20. The van der Waals surface area contributed by atoms with Crippen molar-refractivity contribution < 1.29 is 19.1 Å². The first-order chi connectivity index (χ1) is 12.6. The molecule has 8 heteroatoms. The van der Waals surface area contributed by atoms with Crippen LogP contribution in [0.15, 0.2) is 41.0 Å². The summed E-state index contributed by atoms with van der Waals surface area (Å²) >= 11 is 3.29. The molecule has 2 aliphatic rings. The highest BCUT2D eigenvalue weighted by Gasteiger charge is 2.35. The van der Waals surface area contributed by atoms with E-state index in [0.717, 1.165) is 0 Å². The van der Waals surface area contributed by atoms with Gasteiger partial charge in [0, 0.05) is 13.1 Å². The average Bonchev–Trinajstić information content (AvgIpc) is 2.88. The van der Waals surface area contributed by atoms with E-state index in [4.69, 9.17) is 4.74 Å². The predicted molar refractivity (Wildman–Crippen MR) is 96.2 cm³/mol. The number of hydrogen-bond donors (Lipinski definition) is 0. The smallest absolute Gasteiger partial charge is 0.266 e. The van der Waals surface area contributed by atoms with Crippen LogP contribution in [-0.2, 0) is 4.79 Å². The van der Waals surface area contributed by atoms with Crippen LogP contribution in [0.1, 0.15) is 27.1 Å². The van der Waals surface area contributed by atoms with Gasteiger partial charge in [-0.15, -0.1) is 0 Å². The summed E-state index contributed by atoms with van der Waals surface area (Å²) in [6, 6.07) is 10.3. The van der Waals surface area contributed by atoms with E-state index in [2.05, 4.69) is 20.9 Å². The van der Waals surface area contributed by atoms with E-state index in [0.29, 0.717) is 40.3 Å². The third kappa shape index (κ3) is 2.76. The van der Waals surface area contributed by atoms with Crippen LogP contribution in [0.3, 0.4) is 0 Å². The van der Waals surface area contributed by atoms with Crippen molar-refractivity contribution in [3.8, 4) is 5.75 Å². The molecule has 0 fully saturated rings. The number of nitrogens with zero attached hydrogens (tertiary/aromatic N) is 3. The lowest BCUT2D eigenvalue weighted by atomic mass is 10.1. The lowest BCUT2D eigenvalue weighted by molar-refractivity contribution is -0.121. The van der Waals surface area contributed by atoms with Gasteiger partial charge in [-0.2, -0.15) is 0 Å². The van der Waals surface area contributed by atoms with Gasteiger partial charge in [-0.25, -0.2) is 4.98 Å². The van der Waals surface area contributed by atoms with E-state index >= 15 is 0 Å². The van der Waals surface area contributed by atoms with Crippen LogP contribution >= 0.6 is 15.9 Å². The van der Waals surface area contributed by atoms with Crippen molar-refractivity contribution in [2.75, 3.05) is 24.6 Å². The molecule has 7 nitrogen and oxygen atoms in total. The number of carbonyl (C=O) groups is 3. The van der Waals surface area contributed by atoms with E-state index in [1.165, 1.54) is 9.80 Å². The summed E-state index contributed by atoms with van der Waals surface area (Å²) < 4.78 is 5.98. The molecule has 0 saturated heterocycles. The molecular weight excluding hydrogens is 402 g/mol. The van der Waals surface area contributed by atoms with E-state index in [1.54, 1.807) is 36.4 Å². The number of amides is 3. The molecule has 2 aliphatic heterocycles. The number of anilines is 1. The first-order valence-electron chi connectivity index (χ1n) is 8.11. The Bertz CT molecular complexity index is 895. The molecule has 0 spiro atoms. The highest BCUT2D eigenvalue weighted by molar-refractivity contribution is 9.10. The second-order valence-electron chi connectivity index (χ2n) is 5.95. The molecule has 0 atom stereocenters.